The van der Waals surface area contributed by atoms with Gasteiger partial charge in [0.1, 0.15) is 0 Å². The molecule has 0 aromatic heterocycles. The minimum Gasteiger partial charge on any atom is -0.379 e. The second-order valence-corrected chi connectivity index (χ2v) is 6.32. The first-order valence-corrected chi connectivity index (χ1v) is 8.35. The minimum atomic E-state index is 0.0784. The lowest BCUT2D eigenvalue weighted by Crippen LogP contribution is -2.53. The molecule has 2 saturated heterocycles. The van der Waals surface area contributed by atoms with Crippen LogP contribution in [0.3, 0.4) is 0 Å². The normalized spacial score (nSPS) is 21.3. The molecule has 0 aliphatic carbocycles. The van der Waals surface area contributed by atoms with Gasteiger partial charge in [-0.15, -0.1) is 0 Å². The van der Waals surface area contributed by atoms with Gasteiger partial charge in [0, 0.05) is 65.4 Å². The van der Waals surface area contributed by atoms with Crippen molar-refractivity contribution in [1.29, 1.82) is 0 Å². The maximum absolute atomic E-state index is 12.0. The van der Waals surface area contributed by atoms with E-state index < -0.39 is 0 Å². The predicted molar refractivity (Wildman–Crippen MR) is 87.2 cm³/mol. The summed E-state index contributed by atoms with van der Waals surface area (Å²) < 4.78 is 5.37. The third-order valence-corrected chi connectivity index (χ3v) is 4.33. The van der Waals surface area contributed by atoms with Crippen LogP contribution in [0.5, 0.6) is 0 Å². The van der Waals surface area contributed by atoms with Gasteiger partial charge in [0.2, 0.25) is 0 Å². The molecule has 0 radical (unpaired) electrons. The van der Waals surface area contributed by atoms with Crippen LogP contribution in [-0.2, 0) is 4.74 Å². The van der Waals surface area contributed by atoms with Crippen molar-refractivity contribution in [3.8, 4) is 0 Å². The van der Waals surface area contributed by atoms with E-state index in [-0.39, 0.29) is 6.03 Å². The third kappa shape index (κ3) is 6.08. The van der Waals surface area contributed by atoms with Crippen molar-refractivity contribution in [3.63, 3.8) is 0 Å². The van der Waals surface area contributed by atoms with Crippen molar-refractivity contribution in [2.75, 3.05) is 92.8 Å². The van der Waals surface area contributed by atoms with E-state index in [9.17, 15) is 4.79 Å². The van der Waals surface area contributed by atoms with Gasteiger partial charge >= 0.3 is 6.03 Å². The number of nitrogens with one attached hydrogen (secondary N) is 1. The highest BCUT2D eigenvalue weighted by atomic mass is 16.5. The zero-order valence-electron chi connectivity index (χ0n) is 14.1. The molecule has 2 fully saturated rings. The number of hydrogen-bond donors (Lipinski definition) is 1. The van der Waals surface area contributed by atoms with E-state index >= 15 is 0 Å². The van der Waals surface area contributed by atoms with Crippen molar-refractivity contribution in [2.24, 2.45) is 0 Å². The van der Waals surface area contributed by atoms with Crippen molar-refractivity contribution in [1.82, 2.24) is 24.9 Å². The highest BCUT2D eigenvalue weighted by molar-refractivity contribution is 5.74. The number of nitrogens with zero attached hydrogens (tertiary/aromatic N) is 4. The molecule has 2 heterocycles. The van der Waals surface area contributed by atoms with Crippen LogP contribution in [0, 0.1) is 0 Å². The van der Waals surface area contributed by atoms with Gasteiger partial charge in [0.05, 0.1) is 13.2 Å². The number of piperazine rings is 1. The first kappa shape index (κ1) is 17.5. The van der Waals surface area contributed by atoms with Crippen molar-refractivity contribution in [2.45, 2.75) is 0 Å². The quantitative estimate of drug-likeness (QED) is 0.696. The lowest BCUT2D eigenvalue weighted by molar-refractivity contribution is 0.0309. The largest absolute Gasteiger partial charge is 0.379 e. The fourth-order valence-electron chi connectivity index (χ4n) is 2.78. The van der Waals surface area contributed by atoms with Gasteiger partial charge in [-0.3, -0.25) is 9.80 Å². The van der Waals surface area contributed by atoms with E-state index in [1.165, 1.54) is 0 Å². The van der Waals surface area contributed by atoms with E-state index in [1.807, 2.05) is 19.0 Å². The van der Waals surface area contributed by atoms with Crippen LogP contribution in [0.2, 0.25) is 0 Å². The number of morpholine rings is 1. The molecule has 0 bridgehead atoms. The van der Waals surface area contributed by atoms with Crippen LogP contribution in [0.15, 0.2) is 0 Å². The van der Waals surface area contributed by atoms with Crippen LogP contribution in [-0.4, -0.2) is 118 Å². The highest BCUT2D eigenvalue weighted by Crippen LogP contribution is 2.03. The van der Waals surface area contributed by atoms with Gasteiger partial charge in [-0.25, -0.2) is 4.79 Å². The highest BCUT2D eigenvalue weighted by Gasteiger charge is 2.21. The van der Waals surface area contributed by atoms with Crippen LogP contribution in [0.25, 0.3) is 0 Å². The average molecular weight is 313 g/mol. The summed E-state index contributed by atoms with van der Waals surface area (Å²) in [5, 5.41) is 2.99. The second-order valence-electron chi connectivity index (χ2n) is 6.32. The predicted octanol–water partition coefficient (Wildman–Crippen LogP) is -0.793. The number of hydrogen-bond acceptors (Lipinski definition) is 5. The van der Waals surface area contributed by atoms with E-state index in [1.54, 1.807) is 0 Å². The number of urea groups is 1. The molecule has 7 heteroatoms. The van der Waals surface area contributed by atoms with Gasteiger partial charge in [-0.2, -0.15) is 0 Å². The fourth-order valence-corrected chi connectivity index (χ4v) is 2.78. The topological polar surface area (TPSA) is 51.3 Å². The van der Waals surface area contributed by atoms with Crippen LogP contribution in [0.4, 0.5) is 4.79 Å². The molecular weight excluding hydrogens is 282 g/mol. The maximum atomic E-state index is 12.0. The smallest absolute Gasteiger partial charge is 0.317 e. The molecule has 128 valence electrons. The van der Waals surface area contributed by atoms with E-state index in [0.717, 1.165) is 72.1 Å². The van der Waals surface area contributed by atoms with E-state index in [4.69, 9.17) is 4.74 Å². The molecule has 1 N–H and O–H groups in total. The van der Waals surface area contributed by atoms with Crippen LogP contribution >= 0.6 is 0 Å². The molecular formula is C15H31N5O2. The molecule has 0 aromatic carbocycles. The van der Waals surface area contributed by atoms with Crippen molar-refractivity contribution < 1.29 is 9.53 Å². The molecule has 0 atom stereocenters. The Hall–Kier alpha value is -0.890. The monoisotopic (exact) mass is 313 g/mol. The lowest BCUT2D eigenvalue weighted by Gasteiger charge is -2.36. The molecule has 2 rings (SSSR count). The summed E-state index contributed by atoms with van der Waals surface area (Å²) in [5.74, 6) is 0. The van der Waals surface area contributed by atoms with E-state index in [2.05, 4.69) is 20.0 Å². The summed E-state index contributed by atoms with van der Waals surface area (Å²) in [5.41, 5.74) is 0. The minimum absolute atomic E-state index is 0.0784. The molecule has 0 unspecified atom stereocenters. The molecule has 2 amide bonds. The molecule has 22 heavy (non-hydrogen) atoms. The second kappa shape index (κ2) is 9.29. The number of amides is 2. The van der Waals surface area contributed by atoms with Gasteiger partial charge in [-0.1, -0.05) is 0 Å². The maximum Gasteiger partial charge on any atom is 0.317 e. The Bertz CT molecular complexity index is 326. The van der Waals surface area contributed by atoms with Gasteiger partial charge in [0.25, 0.3) is 0 Å². The fraction of sp³-hybridized carbons (Fsp3) is 0.933. The summed E-state index contributed by atoms with van der Waals surface area (Å²) >= 11 is 0. The third-order valence-electron chi connectivity index (χ3n) is 4.33. The number of carbonyl (C=O) groups excluding carboxylic acids is 1. The molecule has 0 saturated carbocycles. The van der Waals surface area contributed by atoms with E-state index in [0.29, 0.717) is 6.54 Å². The Labute approximate surface area is 134 Å². The summed E-state index contributed by atoms with van der Waals surface area (Å²) in [6, 6.07) is 0.0784. The summed E-state index contributed by atoms with van der Waals surface area (Å²) in [6.45, 7) is 11.2. The number of carbonyl (C=O) groups is 1. The molecule has 2 aliphatic heterocycles. The van der Waals surface area contributed by atoms with Crippen molar-refractivity contribution in [3.05, 3.63) is 0 Å². The molecule has 7 nitrogen and oxygen atoms in total. The number of likely N-dealkylation sites (N-methyl/N-ethyl adjacent to an activating group) is 1. The van der Waals surface area contributed by atoms with Crippen LogP contribution in [0.1, 0.15) is 0 Å². The first-order chi connectivity index (χ1) is 10.6. The summed E-state index contributed by atoms with van der Waals surface area (Å²) in [4.78, 5) is 21.0. The Morgan fingerprint density at radius 1 is 1.00 bits per heavy atom. The zero-order chi connectivity index (χ0) is 15.8. The van der Waals surface area contributed by atoms with Crippen LogP contribution < -0.4 is 5.32 Å². The summed E-state index contributed by atoms with van der Waals surface area (Å²) in [7, 11) is 4.03. The van der Waals surface area contributed by atoms with Gasteiger partial charge in [0.15, 0.2) is 0 Å². The first-order valence-electron chi connectivity index (χ1n) is 8.35. The summed E-state index contributed by atoms with van der Waals surface area (Å²) in [6.07, 6.45) is 0. The Kier molecular flexibility index (Phi) is 7.38. The number of rotatable bonds is 6. The Morgan fingerprint density at radius 3 is 2.18 bits per heavy atom. The number of ether oxygens (including phenoxy) is 1. The zero-order valence-corrected chi connectivity index (χ0v) is 14.1. The standard InChI is InChI=1S/C15H31N5O2/c1-17(2)4-3-16-15(21)20-9-7-18(8-10-20)5-6-19-11-13-22-14-12-19/h3-14H2,1-2H3,(H,16,21). The molecule has 2 aliphatic rings. The Balaban J connectivity index is 1.57. The van der Waals surface area contributed by atoms with Gasteiger partial charge < -0.3 is 19.9 Å². The van der Waals surface area contributed by atoms with Crippen molar-refractivity contribution >= 4 is 6.03 Å². The average Bonchev–Trinajstić information content (AvgIpc) is 2.54. The van der Waals surface area contributed by atoms with Gasteiger partial charge in [-0.05, 0) is 14.1 Å². The SMILES string of the molecule is CN(C)CCNC(=O)N1CCN(CCN2CCOCC2)CC1. The molecule has 0 spiro atoms. The lowest BCUT2D eigenvalue weighted by atomic mass is 10.3. The Morgan fingerprint density at radius 2 is 1.59 bits per heavy atom. The molecule has 0 aromatic rings.